The highest BCUT2D eigenvalue weighted by atomic mass is 35.5. The van der Waals surface area contributed by atoms with Crippen LogP contribution >= 0.6 is 11.6 Å². The lowest BCUT2D eigenvalue weighted by atomic mass is 9.43. The molecular formula is C15H23ClN2O2. The fourth-order valence-corrected chi connectivity index (χ4v) is 6.09. The number of halogens is 1. The van der Waals surface area contributed by atoms with Crippen molar-refractivity contribution in [2.75, 3.05) is 5.88 Å². The zero-order chi connectivity index (χ0) is 14.6. The van der Waals surface area contributed by atoms with E-state index in [9.17, 15) is 9.59 Å². The van der Waals surface area contributed by atoms with Crippen LogP contribution in [0.3, 0.4) is 0 Å². The van der Waals surface area contributed by atoms with Gasteiger partial charge in [0.15, 0.2) is 0 Å². The molecule has 3 amide bonds. The third-order valence-corrected chi connectivity index (χ3v) is 5.62. The highest BCUT2D eigenvalue weighted by Crippen LogP contribution is 2.66. The van der Waals surface area contributed by atoms with Crippen molar-refractivity contribution in [2.24, 2.45) is 16.7 Å². The molecule has 0 radical (unpaired) electrons. The lowest BCUT2D eigenvalue weighted by Gasteiger charge is -2.65. The highest BCUT2D eigenvalue weighted by molar-refractivity contribution is 6.28. The molecule has 2 N–H and O–H groups in total. The summed E-state index contributed by atoms with van der Waals surface area (Å²) in [6.45, 7) is 4.71. The number of hydrogen-bond acceptors (Lipinski definition) is 2. The molecule has 2 unspecified atom stereocenters. The van der Waals surface area contributed by atoms with E-state index in [1.54, 1.807) is 0 Å². The first-order valence-electron chi connectivity index (χ1n) is 7.44. The number of alkyl halides is 1. The Morgan fingerprint density at radius 2 is 1.70 bits per heavy atom. The Bertz CT molecular complexity index is 447. The number of urea groups is 1. The number of carbonyl (C=O) groups is 2. The highest BCUT2D eigenvalue weighted by Gasteiger charge is 2.60. The average Bonchev–Trinajstić information content (AvgIpc) is 2.22. The third kappa shape index (κ3) is 2.43. The summed E-state index contributed by atoms with van der Waals surface area (Å²) >= 11 is 5.42. The Morgan fingerprint density at radius 3 is 2.20 bits per heavy atom. The van der Waals surface area contributed by atoms with E-state index in [1.165, 1.54) is 19.3 Å². The second-order valence-electron chi connectivity index (χ2n) is 8.05. The Labute approximate surface area is 125 Å². The molecule has 20 heavy (non-hydrogen) atoms. The Kier molecular flexibility index (Phi) is 3.09. The summed E-state index contributed by atoms with van der Waals surface area (Å²) in [4.78, 5) is 23.2. The molecule has 112 valence electrons. The minimum absolute atomic E-state index is 0.125. The minimum Gasteiger partial charge on any atom is -0.332 e. The molecule has 4 nitrogen and oxygen atoms in total. The van der Waals surface area contributed by atoms with Crippen LogP contribution in [0.15, 0.2) is 0 Å². The molecule has 0 aromatic heterocycles. The van der Waals surface area contributed by atoms with Crippen LogP contribution in [0.4, 0.5) is 4.79 Å². The fraction of sp³-hybridized carbons (Fsp3) is 0.867. The maximum Gasteiger partial charge on any atom is 0.321 e. The molecule has 4 fully saturated rings. The van der Waals surface area contributed by atoms with Crippen molar-refractivity contribution >= 4 is 23.5 Å². The largest absolute Gasteiger partial charge is 0.332 e. The number of rotatable bonds is 2. The first-order chi connectivity index (χ1) is 9.26. The Morgan fingerprint density at radius 1 is 1.10 bits per heavy atom. The van der Waals surface area contributed by atoms with Crippen molar-refractivity contribution in [3.63, 3.8) is 0 Å². The van der Waals surface area contributed by atoms with Gasteiger partial charge in [-0.1, -0.05) is 13.8 Å². The molecule has 4 saturated carbocycles. The van der Waals surface area contributed by atoms with Crippen LogP contribution in [0.25, 0.3) is 0 Å². The molecule has 4 bridgehead atoms. The van der Waals surface area contributed by atoms with Crippen molar-refractivity contribution in [3.8, 4) is 0 Å². The molecule has 5 heteroatoms. The summed E-state index contributed by atoms with van der Waals surface area (Å²) < 4.78 is 0. The first-order valence-corrected chi connectivity index (χ1v) is 7.97. The SMILES string of the molecule is CC12CC3CC(C)(C1)CC(NC(=O)NC(=O)CCl)(C3)C2. The standard InChI is InChI=1S/C15H23ClN2O2/c1-13-3-10-4-14(2,7-13)9-15(5-10,8-13)18-12(20)17-11(19)6-16/h10H,3-9H2,1-2H3,(H2,17,18,19,20). The van der Waals surface area contributed by atoms with Gasteiger partial charge in [-0.05, 0) is 55.3 Å². The van der Waals surface area contributed by atoms with Crippen LogP contribution in [0.1, 0.15) is 52.4 Å². The van der Waals surface area contributed by atoms with Crippen LogP contribution < -0.4 is 10.6 Å². The second kappa shape index (κ2) is 4.36. The van der Waals surface area contributed by atoms with Gasteiger partial charge in [0, 0.05) is 5.54 Å². The van der Waals surface area contributed by atoms with Crippen LogP contribution in [-0.2, 0) is 4.79 Å². The van der Waals surface area contributed by atoms with Crippen molar-refractivity contribution in [1.82, 2.24) is 10.6 Å². The molecule has 2 atom stereocenters. The van der Waals surface area contributed by atoms with Gasteiger partial charge in [-0.2, -0.15) is 0 Å². The summed E-state index contributed by atoms with van der Waals surface area (Å²) in [5.74, 6) is 0.0926. The van der Waals surface area contributed by atoms with Crippen LogP contribution in [0, 0.1) is 16.7 Å². The van der Waals surface area contributed by atoms with Crippen LogP contribution in [0.5, 0.6) is 0 Å². The fourth-order valence-electron chi connectivity index (χ4n) is 6.02. The molecule has 0 heterocycles. The van der Waals surface area contributed by atoms with E-state index in [-0.39, 0.29) is 17.5 Å². The van der Waals surface area contributed by atoms with E-state index in [2.05, 4.69) is 24.5 Å². The van der Waals surface area contributed by atoms with Gasteiger partial charge in [-0.15, -0.1) is 11.6 Å². The average molecular weight is 299 g/mol. The van der Waals surface area contributed by atoms with Gasteiger partial charge in [0.1, 0.15) is 5.88 Å². The summed E-state index contributed by atoms with van der Waals surface area (Å²) in [5.41, 5.74) is 0.565. The van der Waals surface area contributed by atoms with Crippen molar-refractivity contribution < 1.29 is 9.59 Å². The molecule has 4 rings (SSSR count). The van der Waals surface area contributed by atoms with E-state index in [0.717, 1.165) is 19.3 Å². The van der Waals surface area contributed by atoms with Gasteiger partial charge in [0.05, 0.1) is 0 Å². The summed E-state index contributed by atoms with van der Waals surface area (Å²) in [6, 6.07) is -0.384. The van der Waals surface area contributed by atoms with Crippen LogP contribution in [-0.4, -0.2) is 23.4 Å². The van der Waals surface area contributed by atoms with E-state index < -0.39 is 5.91 Å². The summed E-state index contributed by atoms with van der Waals surface area (Å²) in [7, 11) is 0. The molecule has 4 aliphatic carbocycles. The Hall–Kier alpha value is -0.770. The normalized spacial score (nSPS) is 45.2. The topological polar surface area (TPSA) is 58.2 Å². The van der Waals surface area contributed by atoms with Crippen LogP contribution in [0.2, 0.25) is 0 Å². The van der Waals surface area contributed by atoms with Gasteiger partial charge >= 0.3 is 6.03 Å². The van der Waals surface area contributed by atoms with E-state index in [0.29, 0.717) is 16.7 Å². The minimum atomic E-state index is -0.439. The molecule has 0 saturated heterocycles. The molecule has 4 aliphatic rings. The lowest BCUT2D eigenvalue weighted by molar-refractivity contribution is -0.118. The second-order valence-corrected chi connectivity index (χ2v) is 8.31. The van der Waals surface area contributed by atoms with Crippen molar-refractivity contribution in [2.45, 2.75) is 57.9 Å². The van der Waals surface area contributed by atoms with Gasteiger partial charge in [0.25, 0.3) is 0 Å². The third-order valence-electron chi connectivity index (χ3n) is 5.38. The number of nitrogens with one attached hydrogen (secondary N) is 2. The number of carbonyl (C=O) groups excluding carboxylic acids is 2. The van der Waals surface area contributed by atoms with Gasteiger partial charge in [-0.25, -0.2) is 4.79 Å². The quantitative estimate of drug-likeness (QED) is 0.770. The number of hydrogen-bond donors (Lipinski definition) is 2. The van der Waals surface area contributed by atoms with E-state index >= 15 is 0 Å². The zero-order valence-corrected chi connectivity index (χ0v) is 13.0. The summed E-state index contributed by atoms with van der Waals surface area (Å²) in [5, 5.41) is 5.42. The molecule has 0 spiro atoms. The lowest BCUT2D eigenvalue weighted by Crippen LogP contribution is -2.66. The van der Waals surface area contributed by atoms with E-state index in [1.807, 2.05) is 0 Å². The predicted molar refractivity (Wildman–Crippen MR) is 77.5 cm³/mol. The molecule has 0 aliphatic heterocycles. The number of amides is 3. The monoisotopic (exact) mass is 298 g/mol. The Balaban J connectivity index is 1.76. The molecule has 0 aromatic rings. The van der Waals surface area contributed by atoms with E-state index in [4.69, 9.17) is 11.6 Å². The first kappa shape index (κ1) is 14.2. The van der Waals surface area contributed by atoms with Gasteiger partial charge < -0.3 is 5.32 Å². The van der Waals surface area contributed by atoms with Gasteiger partial charge in [0.2, 0.25) is 5.91 Å². The van der Waals surface area contributed by atoms with Gasteiger partial charge in [-0.3, -0.25) is 10.1 Å². The van der Waals surface area contributed by atoms with Crippen molar-refractivity contribution in [3.05, 3.63) is 0 Å². The predicted octanol–water partition coefficient (Wildman–Crippen LogP) is 2.80. The zero-order valence-electron chi connectivity index (χ0n) is 12.2. The molecule has 0 aromatic carbocycles. The molecular weight excluding hydrogens is 276 g/mol. The smallest absolute Gasteiger partial charge is 0.321 e. The maximum absolute atomic E-state index is 12.0. The summed E-state index contributed by atoms with van der Waals surface area (Å²) in [6.07, 6.45) is 6.97. The maximum atomic E-state index is 12.0. The van der Waals surface area contributed by atoms with Crippen molar-refractivity contribution in [1.29, 1.82) is 0 Å². The number of imide groups is 1.